The number of anilines is 1. The number of nitrogens with zero attached hydrogens (tertiary/aromatic N) is 2. The van der Waals surface area contributed by atoms with Gasteiger partial charge in [0.25, 0.3) is 5.91 Å². The zero-order chi connectivity index (χ0) is 20.2. The number of hydrogen-bond donors (Lipinski definition) is 1. The van der Waals surface area contributed by atoms with Crippen LogP contribution in [0.4, 0.5) is 5.69 Å². The fourth-order valence-corrected chi connectivity index (χ4v) is 3.74. The monoisotopic (exact) mass is 407 g/mol. The lowest BCUT2D eigenvalue weighted by Gasteiger charge is -2.32. The van der Waals surface area contributed by atoms with Crippen LogP contribution in [0.5, 0.6) is 0 Å². The van der Waals surface area contributed by atoms with Gasteiger partial charge in [0.1, 0.15) is 0 Å². The van der Waals surface area contributed by atoms with Crippen molar-refractivity contribution >= 4 is 29.1 Å². The third-order valence-corrected chi connectivity index (χ3v) is 5.46. The Morgan fingerprint density at radius 2 is 1.66 bits per heavy atom. The van der Waals surface area contributed by atoms with Gasteiger partial charge in [0.05, 0.1) is 5.92 Å². The Bertz CT molecular complexity index is 982. The average Bonchev–Trinajstić information content (AvgIpc) is 3.30. The standard InChI is InChI=1S/C23H22ClN3O2/c24-19-7-9-20(10-8-19)25-22(28)18-4-3-15-27(16-18)23(29)17-5-11-21(12-6-17)26-13-1-2-14-26/h1-2,5-14,18H,3-4,15-16H2,(H,25,28). The van der Waals surface area contributed by atoms with Crippen LogP contribution in [-0.2, 0) is 4.79 Å². The second-order valence-electron chi connectivity index (χ2n) is 7.22. The number of hydrogen-bond acceptors (Lipinski definition) is 2. The summed E-state index contributed by atoms with van der Waals surface area (Å²) in [5.74, 6) is -0.316. The van der Waals surface area contributed by atoms with Gasteiger partial charge in [-0.1, -0.05) is 11.6 Å². The van der Waals surface area contributed by atoms with Crippen molar-refractivity contribution in [2.45, 2.75) is 12.8 Å². The smallest absolute Gasteiger partial charge is 0.253 e. The molecule has 1 fully saturated rings. The number of benzene rings is 2. The van der Waals surface area contributed by atoms with E-state index in [0.717, 1.165) is 18.5 Å². The molecule has 4 rings (SSSR count). The number of nitrogens with one attached hydrogen (secondary N) is 1. The minimum atomic E-state index is -0.220. The van der Waals surface area contributed by atoms with Crippen LogP contribution in [0, 0.1) is 5.92 Å². The summed E-state index contributed by atoms with van der Waals surface area (Å²) in [6.45, 7) is 1.10. The highest BCUT2D eigenvalue weighted by atomic mass is 35.5. The van der Waals surface area contributed by atoms with Gasteiger partial charge < -0.3 is 14.8 Å². The molecule has 1 atom stereocenters. The molecule has 148 valence electrons. The summed E-state index contributed by atoms with van der Waals surface area (Å²) < 4.78 is 1.99. The highest BCUT2D eigenvalue weighted by Crippen LogP contribution is 2.22. The quantitative estimate of drug-likeness (QED) is 0.686. The van der Waals surface area contributed by atoms with Crippen molar-refractivity contribution < 1.29 is 9.59 Å². The maximum atomic E-state index is 12.9. The predicted molar refractivity (Wildman–Crippen MR) is 114 cm³/mol. The van der Waals surface area contributed by atoms with E-state index in [0.29, 0.717) is 29.4 Å². The summed E-state index contributed by atoms with van der Waals surface area (Å²) in [6.07, 6.45) is 5.51. The van der Waals surface area contributed by atoms with E-state index in [1.54, 1.807) is 29.2 Å². The van der Waals surface area contributed by atoms with Crippen molar-refractivity contribution in [3.05, 3.63) is 83.6 Å². The Labute approximate surface area is 174 Å². The summed E-state index contributed by atoms with van der Waals surface area (Å²) in [4.78, 5) is 27.4. The Balaban J connectivity index is 1.40. The largest absolute Gasteiger partial charge is 0.338 e. The lowest BCUT2D eigenvalue weighted by atomic mass is 9.96. The first kappa shape index (κ1) is 19.3. The Morgan fingerprint density at radius 1 is 0.966 bits per heavy atom. The van der Waals surface area contributed by atoms with E-state index in [1.807, 2.05) is 53.4 Å². The molecule has 2 aromatic carbocycles. The van der Waals surface area contributed by atoms with Gasteiger partial charge in [0, 0.05) is 47.4 Å². The SMILES string of the molecule is O=C(Nc1ccc(Cl)cc1)C1CCCN(C(=O)c2ccc(-n3cccc3)cc2)C1. The molecule has 2 amide bonds. The van der Waals surface area contributed by atoms with E-state index < -0.39 is 0 Å². The second kappa shape index (κ2) is 8.53. The number of carbonyl (C=O) groups excluding carboxylic acids is 2. The van der Waals surface area contributed by atoms with Crippen LogP contribution in [0.1, 0.15) is 23.2 Å². The summed E-state index contributed by atoms with van der Waals surface area (Å²) in [5.41, 5.74) is 2.36. The molecule has 29 heavy (non-hydrogen) atoms. The molecular weight excluding hydrogens is 386 g/mol. The molecule has 1 N–H and O–H groups in total. The third kappa shape index (κ3) is 4.51. The van der Waals surface area contributed by atoms with Crippen molar-refractivity contribution in [2.75, 3.05) is 18.4 Å². The van der Waals surface area contributed by atoms with Crippen molar-refractivity contribution in [3.63, 3.8) is 0 Å². The normalized spacial score (nSPS) is 16.4. The maximum absolute atomic E-state index is 12.9. The highest BCUT2D eigenvalue weighted by Gasteiger charge is 2.29. The molecule has 0 aliphatic carbocycles. The van der Waals surface area contributed by atoms with Crippen molar-refractivity contribution in [1.29, 1.82) is 0 Å². The molecule has 0 spiro atoms. The predicted octanol–water partition coefficient (Wildman–Crippen LogP) is 4.62. The van der Waals surface area contributed by atoms with Gasteiger partial charge in [-0.2, -0.15) is 0 Å². The van der Waals surface area contributed by atoms with Crippen LogP contribution in [0.15, 0.2) is 73.1 Å². The lowest BCUT2D eigenvalue weighted by molar-refractivity contribution is -0.121. The molecule has 1 unspecified atom stereocenters. The molecule has 0 radical (unpaired) electrons. The van der Waals surface area contributed by atoms with E-state index in [2.05, 4.69) is 5.32 Å². The number of amides is 2. The fraction of sp³-hybridized carbons (Fsp3) is 0.217. The van der Waals surface area contributed by atoms with E-state index in [9.17, 15) is 9.59 Å². The van der Waals surface area contributed by atoms with Gasteiger partial charge in [-0.15, -0.1) is 0 Å². The average molecular weight is 408 g/mol. The molecule has 2 heterocycles. The van der Waals surface area contributed by atoms with Gasteiger partial charge in [0.15, 0.2) is 0 Å². The first-order valence-corrected chi connectivity index (χ1v) is 10.1. The zero-order valence-corrected chi connectivity index (χ0v) is 16.7. The number of piperidine rings is 1. The van der Waals surface area contributed by atoms with Gasteiger partial charge in [0.2, 0.25) is 5.91 Å². The summed E-state index contributed by atoms with van der Waals surface area (Å²) >= 11 is 5.89. The first-order chi connectivity index (χ1) is 14.1. The fourth-order valence-electron chi connectivity index (χ4n) is 3.62. The Hall–Kier alpha value is -3.05. The first-order valence-electron chi connectivity index (χ1n) is 9.69. The van der Waals surface area contributed by atoms with Crippen LogP contribution < -0.4 is 5.32 Å². The van der Waals surface area contributed by atoms with Crippen LogP contribution in [0.25, 0.3) is 5.69 Å². The molecule has 3 aromatic rings. The molecule has 6 heteroatoms. The summed E-state index contributed by atoms with van der Waals surface area (Å²) in [6, 6.07) is 18.5. The van der Waals surface area contributed by atoms with E-state index in [-0.39, 0.29) is 17.7 Å². The molecule has 1 aliphatic rings. The number of carbonyl (C=O) groups is 2. The van der Waals surface area contributed by atoms with Crippen LogP contribution in [0.2, 0.25) is 5.02 Å². The van der Waals surface area contributed by atoms with Crippen LogP contribution >= 0.6 is 11.6 Å². The minimum absolute atomic E-state index is 0.0342. The van der Waals surface area contributed by atoms with E-state index in [1.165, 1.54) is 0 Å². The van der Waals surface area contributed by atoms with Gasteiger partial charge in [-0.3, -0.25) is 9.59 Å². The number of aromatic nitrogens is 1. The van der Waals surface area contributed by atoms with Crippen molar-refractivity contribution in [2.24, 2.45) is 5.92 Å². The number of likely N-dealkylation sites (tertiary alicyclic amines) is 1. The molecule has 1 aromatic heterocycles. The number of rotatable bonds is 4. The summed E-state index contributed by atoms with van der Waals surface area (Å²) in [5, 5.41) is 3.55. The molecule has 0 saturated carbocycles. The topological polar surface area (TPSA) is 54.3 Å². The molecule has 1 saturated heterocycles. The number of halogens is 1. The van der Waals surface area contributed by atoms with Crippen molar-refractivity contribution in [3.8, 4) is 5.69 Å². The van der Waals surface area contributed by atoms with E-state index >= 15 is 0 Å². The maximum Gasteiger partial charge on any atom is 0.253 e. The summed E-state index contributed by atoms with van der Waals surface area (Å²) in [7, 11) is 0. The molecule has 5 nitrogen and oxygen atoms in total. The molecule has 0 bridgehead atoms. The molecule has 1 aliphatic heterocycles. The van der Waals surface area contributed by atoms with E-state index in [4.69, 9.17) is 11.6 Å². The molecular formula is C23H22ClN3O2. The third-order valence-electron chi connectivity index (χ3n) is 5.21. The van der Waals surface area contributed by atoms with Crippen LogP contribution in [0.3, 0.4) is 0 Å². The van der Waals surface area contributed by atoms with Crippen molar-refractivity contribution in [1.82, 2.24) is 9.47 Å². The van der Waals surface area contributed by atoms with Gasteiger partial charge in [-0.05, 0) is 73.5 Å². The van der Waals surface area contributed by atoms with Crippen LogP contribution in [-0.4, -0.2) is 34.4 Å². The zero-order valence-electron chi connectivity index (χ0n) is 15.9. The minimum Gasteiger partial charge on any atom is -0.338 e. The Morgan fingerprint density at radius 3 is 2.34 bits per heavy atom. The van der Waals surface area contributed by atoms with Gasteiger partial charge in [-0.25, -0.2) is 0 Å². The lowest BCUT2D eigenvalue weighted by Crippen LogP contribution is -2.43. The Kier molecular flexibility index (Phi) is 5.67. The highest BCUT2D eigenvalue weighted by molar-refractivity contribution is 6.30. The van der Waals surface area contributed by atoms with Gasteiger partial charge >= 0.3 is 0 Å². The second-order valence-corrected chi connectivity index (χ2v) is 7.66.